The number of hydrogen-bond acceptors (Lipinski definition) is 5. The van der Waals surface area contributed by atoms with Crippen LogP contribution in [-0.4, -0.2) is 36.1 Å². The summed E-state index contributed by atoms with van der Waals surface area (Å²) in [5.74, 6) is -0.290. The van der Waals surface area contributed by atoms with Crippen molar-refractivity contribution in [3.63, 3.8) is 0 Å². The number of rotatable bonds is 5. The Kier molecular flexibility index (Phi) is 6.56. The topological polar surface area (TPSA) is 61.9 Å². The predicted octanol–water partition coefficient (Wildman–Crippen LogP) is 5.25. The number of thiocarbonyl (C=S) groups is 1. The van der Waals surface area contributed by atoms with Gasteiger partial charge in [0.1, 0.15) is 11.3 Å². The minimum absolute atomic E-state index is 0.0423. The van der Waals surface area contributed by atoms with Gasteiger partial charge in [0, 0.05) is 17.8 Å². The molecular formula is C28H31N3O3S. The van der Waals surface area contributed by atoms with E-state index in [-0.39, 0.29) is 16.2 Å². The molecule has 2 aliphatic heterocycles. The average Bonchev–Trinajstić information content (AvgIpc) is 2.80. The number of fused-ring (bicyclic) bond motifs is 1. The normalized spacial score (nSPS) is 18.4. The Morgan fingerprint density at radius 3 is 2.43 bits per heavy atom. The first kappa shape index (κ1) is 24.7. The van der Waals surface area contributed by atoms with Crippen LogP contribution in [0.25, 0.3) is 11.6 Å². The van der Waals surface area contributed by atoms with Crippen LogP contribution in [0.15, 0.2) is 48.0 Å². The molecule has 4 rings (SSSR count). The molecule has 0 radical (unpaired) electrons. The molecule has 0 aliphatic carbocycles. The third kappa shape index (κ3) is 4.48. The Bertz CT molecular complexity index is 1280. The lowest BCUT2D eigenvalue weighted by Crippen LogP contribution is -2.54. The monoisotopic (exact) mass is 489 g/mol. The molecule has 2 aromatic carbocycles. The molecule has 7 heteroatoms. The molecule has 2 aliphatic rings. The Morgan fingerprint density at radius 1 is 1.11 bits per heavy atom. The predicted molar refractivity (Wildman–Crippen MR) is 146 cm³/mol. The lowest BCUT2D eigenvalue weighted by Gasteiger charge is -2.43. The average molecular weight is 490 g/mol. The summed E-state index contributed by atoms with van der Waals surface area (Å²) in [5, 5.41) is 2.72. The maximum Gasteiger partial charge on any atom is 0.270 e. The zero-order valence-corrected chi connectivity index (χ0v) is 21.9. The summed E-state index contributed by atoms with van der Waals surface area (Å²) in [4.78, 5) is 30.0. The van der Waals surface area contributed by atoms with Crippen LogP contribution < -0.4 is 19.9 Å². The zero-order valence-electron chi connectivity index (χ0n) is 21.1. The van der Waals surface area contributed by atoms with Gasteiger partial charge in [-0.15, -0.1) is 0 Å². The number of benzene rings is 2. The third-order valence-electron chi connectivity index (χ3n) is 6.54. The van der Waals surface area contributed by atoms with Crippen molar-refractivity contribution in [1.82, 2.24) is 5.32 Å². The van der Waals surface area contributed by atoms with Crippen LogP contribution in [0.3, 0.4) is 0 Å². The second kappa shape index (κ2) is 9.30. The van der Waals surface area contributed by atoms with Crippen LogP contribution in [0.5, 0.6) is 5.75 Å². The van der Waals surface area contributed by atoms with E-state index in [2.05, 4.69) is 56.1 Å². The molecule has 0 spiro atoms. The van der Waals surface area contributed by atoms with Crippen molar-refractivity contribution in [3.8, 4) is 5.75 Å². The SMILES string of the molecule is CCCN1c2cc(C)c(/C=C3/C(=O)NC(=S)N(c4ccc(OC)cc4)C3=O)cc2C(C)=CC1(C)C. The first-order chi connectivity index (χ1) is 16.6. The number of allylic oxidation sites excluding steroid dienone is 1. The summed E-state index contributed by atoms with van der Waals surface area (Å²) in [6.07, 6.45) is 4.98. The van der Waals surface area contributed by atoms with E-state index in [0.29, 0.717) is 11.4 Å². The van der Waals surface area contributed by atoms with Gasteiger partial charge in [-0.05, 0) is 106 Å². The molecular weight excluding hydrogens is 458 g/mol. The highest BCUT2D eigenvalue weighted by Crippen LogP contribution is 2.41. The van der Waals surface area contributed by atoms with E-state index in [1.54, 1.807) is 37.5 Å². The summed E-state index contributed by atoms with van der Waals surface area (Å²) in [6.45, 7) is 11.7. The number of aryl methyl sites for hydroxylation is 1. The van der Waals surface area contributed by atoms with E-state index >= 15 is 0 Å². The summed E-state index contributed by atoms with van der Waals surface area (Å²) in [5.41, 5.74) is 5.80. The molecule has 0 bridgehead atoms. The van der Waals surface area contributed by atoms with E-state index in [0.717, 1.165) is 29.7 Å². The van der Waals surface area contributed by atoms with Crippen molar-refractivity contribution in [2.75, 3.05) is 23.5 Å². The maximum absolute atomic E-state index is 13.5. The van der Waals surface area contributed by atoms with Crippen LogP contribution in [0.1, 0.15) is 50.8 Å². The second-order valence-electron chi connectivity index (χ2n) is 9.51. The largest absolute Gasteiger partial charge is 0.497 e. The maximum atomic E-state index is 13.5. The van der Waals surface area contributed by atoms with Gasteiger partial charge in [0.25, 0.3) is 11.8 Å². The Morgan fingerprint density at radius 2 is 1.80 bits per heavy atom. The number of carbonyl (C=O) groups excluding carboxylic acids is 2. The molecule has 182 valence electrons. The number of amides is 2. The van der Waals surface area contributed by atoms with E-state index in [1.165, 1.54) is 16.2 Å². The van der Waals surface area contributed by atoms with Gasteiger partial charge in [0.2, 0.25) is 0 Å². The molecule has 2 amide bonds. The van der Waals surface area contributed by atoms with Crippen molar-refractivity contribution in [2.45, 2.75) is 46.6 Å². The number of methoxy groups -OCH3 is 1. The molecule has 1 N–H and O–H groups in total. The van der Waals surface area contributed by atoms with Crippen molar-refractivity contribution in [2.24, 2.45) is 0 Å². The molecule has 2 heterocycles. The van der Waals surface area contributed by atoms with Gasteiger partial charge in [0.05, 0.1) is 18.3 Å². The molecule has 0 aromatic heterocycles. The highest BCUT2D eigenvalue weighted by atomic mass is 32.1. The van der Waals surface area contributed by atoms with Gasteiger partial charge in [-0.25, -0.2) is 0 Å². The summed E-state index contributed by atoms with van der Waals surface area (Å²) < 4.78 is 5.20. The first-order valence-electron chi connectivity index (χ1n) is 11.7. The summed E-state index contributed by atoms with van der Waals surface area (Å²) in [6, 6.07) is 11.2. The number of nitrogens with zero attached hydrogens (tertiary/aromatic N) is 2. The van der Waals surface area contributed by atoms with Crippen molar-refractivity contribution < 1.29 is 14.3 Å². The van der Waals surface area contributed by atoms with Crippen molar-refractivity contribution in [3.05, 3.63) is 64.7 Å². The number of ether oxygens (including phenoxy) is 1. The Labute approximate surface area is 212 Å². The van der Waals surface area contributed by atoms with Gasteiger partial charge >= 0.3 is 0 Å². The fraction of sp³-hybridized carbons (Fsp3) is 0.321. The molecule has 0 saturated carbocycles. The minimum Gasteiger partial charge on any atom is -0.497 e. The quantitative estimate of drug-likeness (QED) is 0.353. The van der Waals surface area contributed by atoms with E-state index < -0.39 is 11.8 Å². The standard InChI is InChI=1S/C28H31N3O3S/c1-7-12-30-24-13-17(2)19(14-22(24)18(3)16-28(30,4)5)15-23-25(32)29-27(35)31(26(23)33)20-8-10-21(34-6)11-9-20/h8-11,13-16H,7,12H2,1-6H3,(H,29,32,35)/b23-15-. The highest BCUT2D eigenvalue weighted by Gasteiger charge is 2.35. The molecule has 0 atom stereocenters. The number of anilines is 2. The zero-order chi connectivity index (χ0) is 25.5. The van der Waals surface area contributed by atoms with Crippen LogP contribution in [0, 0.1) is 6.92 Å². The van der Waals surface area contributed by atoms with Crippen LogP contribution in [-0.2, 0) is 9.59 Å². The van der Waals surface area contributed by atoms with Gasteiger partial charge < -0.3 is 9.64 Å². The third-order valence-corrected chi connectivity index (χ3v) is 6.83. The number of nitrogens with one attached hydrogen (secondary N) is 1. The fourth-order valence-electron chi connectivity index (χ4n) is 4.81. The number of hydrogen-bond donors (Lipinski definition) is 1. The van der Waals surface area contributed by atoms with Crippen LogP contribution >= 0.6 is 12.2 Å². The van der Waals surface area contributed by atoms with Gasteiger partial charge in [-0.1, -0.05) is 13.0 Å². The lowest BCUT2D eigenvalue weighted by atomic mass is 9.86. The van der Waals surface area contributed by atoms with Gasteiger partial charge in [-0.2, -0.15) is 0 Å². The van der Waals surface area contributed by atoms with Crippen molar-refractivity contribution in [1.29, 1.82) is 0 Å². The van der Waals surface area contributed by atoms with E-state index in [9.17, 15) is 9.59 Å². The van der Waals surface area contributed by atoms with Gasteiger partial charge in [-0.3, -0.25) is 19.8 Å². The van der Waals surface area contributed by atoms with Crippen molar-refractivity contribution >= 4 is 52.2 Å². The highest BCUT2D eigenvalue weighted by molar-refractivity contribution is 7.80. The van der Waals surface area contributed by atoms with Crippen LogP contribution in [0.4, 0.5) is 11.4 Å². The fourth-order valence-corrected chi connectivity index (χ4v) is 5.09. The molecule has 1 fully saturated rings. The van der Waals surface area contributed by atoms with E-state index in [4.69, 9.17) is 17.0 Å². The van der Waals surface area contributed by atoms with E-state index in [1.807, 2.05) is 6.92 Å². The Hall–Kier alpha value is -3.45. The lowest BCUT2D eigenvalue weighted by molar-refractivity contribution is -0.122. The Balaban J connectivity index is 1.77. The summed E-state index contributed by atoms with van der Waals surface area (Å²) in [7, 11) is 1.58. The second-order valence-corrected chi connectivity index (χ2v) is 9.90. The molecule has 35 heavy (non-hydrogen) atoms. The molecule has 6 nitrogen and oxygen atoms in total. The smallest absolute Gasteiger partial charge is 0.270 e. The molecule has 1 saturated heterocycles. The molecule has 2 aromatic rings. The van der Waals surface area contributed by atoms with Crippen LogP contribution in [0.2, 0.25) is 0 Å². The molecule has 0 unspecified atom stereocenters. The number of carbonyl (C=O) groups is 2. The first-order valence-corrected chi connectivity index (χ1v) is 12.2. The summed E-state index contributed by atoms with van der Waals surface area (Å²) >= 11 is 5.32. The minimum atomic E-state index is -0.497. The van der Waals surface area contributed by atoms with Gasteiger partial charge in [0.15, 0.2) is 5.11 Å².